The first-order valence-corrected chi connectivity index (χ1v) is 15.5. The maximum Gasteiger partial charge on any atom is 0.328 e. The van der Waals surface area contributed by atoms with Crippen LogP contribution in [0.4, 0.5) is 10.5 Å². The Balaban J connectivity index is 1.47. The Morgan fingerprint density at radius 3 is 2.35 bits per heavy atom. The number of nitrogens with zero attached hydrogens (tertiary/aromatic N) is 2. The van der Waals surface area contributed by atoms with Gasteiger partial charge in [-0.05, 0) is 60.2 Å². The lowest BCUT2D eigenvalue weighted by Crippen LogP contribution is -2.53. The number of nitrogens with two attached hydrogens (primary N) is 1. The van der Waals surface area contributed by atoms with E-state index >= 15 is 4.79 Å². The van der Waals surface area contributed by atoms with Crippen LogP contribution in [0.25, 0.3) is 0 Å². The van der Waals surface area contributed by atoms with Gasteiger partial charge < -0.3 is 15.6 Å². The van der Waals surface area contributed by atoms with Gasteiger partial charge in [0.05, 0.1) is 35.5 Å². The van der Waals surface area contributed by atoms with Crippen molar-refractivity contribution in [1.29, 1.82) is 0 Å². The molecule has 2 heterocycles. The highest BCUT2D eigenvalue weighted by Crippen LogP contribution is 2.64. The van der Waals surface area contributed by atoms with Crippen molar-refractivity contribution in [3.8, 4) is 5.75 Å². The number of aliphatic hydroxyl groups is 1. The zero-order chi connectivity index (χ0) is 32.3. The summed E-state index contributed by atoms with van der Waals surface area (Å²) >= 11 is 6.33. The molecular weight excluding hydrogens is 610 g/mol. The van der Waals surface area contributed by atoms with Gasteiger partial charge in [0, 0.05) is 10.9 Å². The van der Waals surface area contributed by atoms with Gasteiger partial charge in [-0.1, -0.05) is 71.8 Å². The fraction of sp³-hybridized carbons (Fsp3) is 0.286. The van der Waals surface area contributed by atoms with E-state index < -0.39 is 64.7 Å². The molecule has 11 heteroatoms. The summed E-state index contributed by atoms with van der Waals surface area (Å²) < 4.78 is 5.60. The van der Waals surface area contributed by atoms with Gasteiger partial charge in [-0.25, -0.2) is 9.69 Å². The number of imide groups is 4. The summed E-state index contributed by atoms with van der Waals surface area (Å²) in [5.41, 5.74) is 6.49. The first-order chi connectivity index (χ1) is 22.2. The number of allylic oxidation sites excluding steroid dienone is 2. The molecule has 46 heavy (non-hydrogen) atoms. The lowest BCUT2D eigenvalue weighted by molar-refractivity contribution is -0.136. The molecule has 3 aromatic carbocycles. The van der Waals surface area contributed by atoms with Crippen LogP contribution in [0.15, 0.2) is 90.5 Å². The number of primary amides is 1. The second kappa shape index (κ2) is 11.2. The Bertz CT molecular complexity index is 1810. The highest BCUT2D eigenvalue weighted by molar-refractivity contribution is 6.32. The second-order valence-corrected chi connectivity index (χ2v) is 12.5. The van der Waals surface area contributed by atoms with E-state index in [1.165, 1.54) is 4.90 Å². The number of ether oxygens (including phenoxy) is 1. The summed E-state index contributed by atoms with van der Waals surface area (Å²) in [7, 11) is 0. The number of rotatable bonds is 6. The number of hydrogen-bond donors (Lipinski definition) is 2. The number of carbonyl (C=O) groups excluding carboxylic acids is 5. The van der Waals surface area contributed by atoms with Crippen LogP contribution in [0.3, 0.4) is 0 Å². The van der Waals surface area contributed by atoms with E-state index in [4.69, 9.17) is 22.1 Å². The van der Waals surface area contributed by atoms with E-state index in [0.717, 1.165) is 5.57 Å². The van der Waals surface area contributed by atoms with Crippen LogP contribution in [0.1, 0.15) is 29.9 Å². The number of amides is 6. The van der Waals surface area contributed by atoms with Gasteiger partial charge in [0.15, 0.2) is 0 Å². The number of fused-ring (bicyclic) bond motifs is 4. The molecule has 4 aliphatic rings. The molecule has 6 atom stereocenters. The van der Waals surface area contributed by atoms with Gasteiger partial charge in [-0.15, -0.1) is 0 Å². The number of hydrogen-bond acceptors (Lipinski definition) is 7. The van der Waals surface area contributed by atoms with E-state index in [-0.39, 0.29) is 26.1 Å². The molecule has 2 aliphatic heterocycles. The molecule has 3 aromatic rings. The number of urea groups is 1. The summed E-state index contributed by atoms with van der Waals surface area (Å²) in [6.07, 6.45) is 2.18. The van der Waals surface area contributed by atoms with Gasteiger partial charge in [0.1, 0.15) is 12.4 Å². The smallest absolute Gasteiger partial charge is 0.328 e. The Labute approximate surface area is 269 Å². The lowest BCUT2D eigenvalue weighted by atomic mass is 9.49. The van der Waals surface area contributed by atoms with Crippen molar-refractivity contribution in [3.05, 3.63) is 107 Å². The first kappa shape index (κ1) is 29.9. The molecule has 0 bridgehead atoms. The second-order valence-electron chi connectivity index (χ2n) is 12.1. The quantitative estimate of drug-likeness (QED) is 0.307. The highest BCUT2D eigenvalue weighted by Gasteiger charge is 2.70. The molecule has 2 aliphatic carbocycles. The minimum absolute atomic E-state index is 0.100. The predicted molar refractivity (Wildman–Crippen MR) is 167 cm³/mol. The minimum Gasteiger partial charge on any atom is -0.491 e. The third-order valence-corrected chi connectivity index (χ3v) is 10.2. The van der Waals surface area contributed by atoms with E-state index in [1.54, 1.807) is 36.4 Å². The number of carbonyl (C=O) groups is 5. The van der Waals surface area contributed by atoms with Crippen molar-refractivity contribution in [3.63, 3.8) is 0 Å². The Kier molecular flexibility index (Phi) is 7.29. The van der Waals surface area contributed by atoms with Crippen LogP contribution < -0.4 is 15.4 Å². The average Bonchev–Trinajstić information content (AvgIpc) is 3.45. The minimum atomic E-state index is -1.42. The Morgan fingerprint density at radius 2 is 1.67 bits per heavy atom. The summed E-state index contributed by atoms with van der Waals surface area (Å²) in [6.45, 7) is -0.0610. The molecule has 0 spiro atoms. The van der Waals surface area contributed by atoms with Crippen molar-refractivity contribution in [2.45, 2.75) is 24.2 Å². The van der Waals surface area contributed by atoms with Crippen molar-refractivity contribution < 1.29 is 33.8 Å². The number of halogens is 1. The molecule has 6 amide bonds. The van der Waals surface area contributed by atoms with E-state index in [2.05, 4.69) is 0 Å². The molecular formula is C35H30ClN3O7. The summed E-state index contributed by atoms with van der Waals surface area (Å²) in [6, 6.07) is 21.7. The van der Waals surface area contributed by atoms with E-state index in [9.17, 15) is 24.3 Å². The third kappa shape index (κ3) is 4.24. The number of likely N-dealkylation sites (tertiary alicyclic amines) is 1. The Hall–Kier alpha value is -4.80. The van der Waals surface area contributed by atoms with Gasteiger partial charge in [-0.3, -0.25) is 19.2 Å². The maximum atomic E-state index is 15.1. The third-order valence-electron chi connectivity index (χ3n) is 9.96. The van der Waals surface area contributed by atoms with E-state index in [1.807, 2.05) is 48.5 Å². The SMILES string of the molecule is NC(=O)N1C(=O)C2CC=C3C(CC4C(=O)N(c5cccc(Cl)c5)C(=O)C4(c4ccccc4)C3c3ccc(OCCO)cc3)C2C1=O. The molecule has 234 valence electrons. The van der Waals surface area contributed by atoms with Gasteiger partial charge in [0.2, 0.25) is 23.6 Å². The molecule has 7 rings (SSSR count). The fourth-order valence-electron chi connectivity index (χ4n) is 8.26. The van der Waals surface area contributed by atoms with Crippen LogP contribution in [-0.2, 0) is 24.6 Å². The van der Waals surface area contributed by atoms with Crippen molar-refractivity contribution in [2.24, 2.45) is 29.4 Å². The van der Waals surface area contributed by atoms with Gasteiger partial charge >= 0.3 is 6.03 Å². The van der Waals surface area contributed by atoms with Gasteiger partial charge in [-0.2, -0.15) is 4.90 Å². The van der Waals surface area contributed by atoms with E-state index in [0.29, 0.717) is 32.5 Å². The zero-order valence-corrected chi connectivity index (χ0v) is 25.3. The van der Waals surface area contributed by atoms with Crippen LogP contribution in [0.2, 0.25) is 5.02 Å². The molecule has 3 N–H and O–H groups in total. The van der Waals surface area contributed by atoms with Crippen LogP contribution in [0.5, 0.6) is 5.75 Å². The molecule has 0 aromatic heterocycles. The predicted octanol–water partition coefficient (Wildman–Crippen LogP) is 3.95. The average molecular weight is 640 g/mol. The fourth-order valence-corrected chi connectivity index (χ4v) is 8.44. The molecule has 0 radical (unpaired) electrons. The van der Waals surface area contributed by atoms with Crippen molar-refractivity contribution >= 4 is 46.9 Å². The molecule has 6 unspecified atom stereocenters. The van der Waals surface area contributed by atoms with Crippen LogP contribution in [0, 0.1) is 23.7 Å². The molecule has 1 saturated carbocycles. The van der Waals surface area contributed by atoms with Gasteiger partial charge in [0.25, 0.3) is 0 Å². The largest absolute Gasteiger partial charge is 0.491 e. The maximum absolute atomic E-state index is 15.1. The number of benzene rings is 3. The Morgan fingerprint density at radius 1 is 0.935 bits per heavy atom. The van der Waals surface area contributed by atoms with Crippen molar-refractivity contribution in [1.82, 2.24) is 4.90 Å². The number of aliphatic hydroxyl groups excluding tert-OH is 1. The zero-order valence-electron chi connectivity index (χ0n) is 24.5. The first-order valence-electron chi connectivity index (χ1n) is 15.1. The molecule has 2 saturated heterocycles. The van der Waals surface area contributed by atoms with Crippen LogP contribution in [-0.4, -0.2) is 52.9 Å². The molecule has 3 fully saturated rings. The number of anilines is 1. The summed E-state index contributed by atoms with van der Waals surface area (Å²) in [4.78, 5) is 70.6. The summed E-state index contributed by atoms with van der Waals surface area (Å²) in [5, 5.41) is 9.60. The summed E-state index contributed by atoms with van der Waals surface area (Å²) in [5.74, 6) is -5.65. The standard InChI is InChI=1S/C35H30ClN3O7/c36-21-7-4-8-22(17-21)38-31(42)27-18-26-24(13-14-25-28(26)32(43)39(30(25)41)34(37)45)29(19-9-11-23(12-10-19)46-16-15-40)35(27,33(38)44)20-5-2-1-3-6-20/h1-13,17,25-29,40H,14-16,18H2,(H2,37,45). The lowest BCUT2D eigenvalue weighted by Gasteiger charge is -2.50. The monoisotopic (exact) mass is 639 g/mol. The van der Waals surface area contributed by atoms with Crippen molar-refractivity contribution in [2.75, 3.05) is 18.1 Å². The van der Waals surface area contributed by atoms with Crippen LogP contribution >= 0.6 is 11.6 Å². The topological polar surface area (TPSA) is 147 Å². The molecule has 10 nitrogen and oxygen atoms in total. The highest BCUT2D eigenvalue weighted by atomic mass is 35.5. The normalized spacial score (nSPS) is 28.5.